The van der Waals surface area contributed by atoms with Gasteiger partial charge in [0.2, 0.25) is 20.2 Å². The summed E-state index contributed by atoms with van der Waals surface area (Å²) in [6, 6.07) is 22.7. The molecule has 15 heteroatoms. The third-order valence-corrected chi connectivity index (χ3v) is 15.5. The van der Waals surface area contributed by atoms with Crippen molar-refractivity contribution < 1.29 is 28.3 Å². The van der Waals surface area contributed by atoms with Gasteiger partial charge in [-0.2, -0.15) is 0 Å². The Balaban J connectivity index is 1.07. The molecule has 3 aromatic carbocycles. The minimum absolute atomic E-state index is 0.00945. The van der Waals surface area contributed by atoms with E-state index >= 15 is 8.90 Å². The first-order valence-corrected chi connectivity index (χ1v) is 24.4. The van der Waals surface area contributed by atoms with Gasteiger partial charge < -0.3 is 40.1 Å². The van der Waals surface area contributed by atoms with Crippen molar-refractivity contribution in [3.05, 3.63) is 101 Å². The maximum atomic E-state index is 16.7. The Morgan fingerprint density at radius 2 is 1.62 bits per heavy atom. The maximum absolute atomic E-state index is 16.7. The topological polar surface area (TPSA) is 163 Å². The molecule has 0 saturated carbocycles. The fraction of sp³-hybridized carbons (Fsp3) is 0.489. The number of piperidine rings is 2. The second-order valence-corrected chi connectivity index (χ2v) is 21.3. The summed E-state index contributed by atoms with van der Waals surface area (Å²) in [6.07, 6.45) is 5.10. The average molecular weight is 837 g/mol. The van der Waals surface area contributed by atoms with Gasteiger partial charge in [-0.3, -0.25) is 19.1 Å². The van der Waals surface area contributed by atoms with Gasteiger partial charge in [0, 0.05) is 54.2 Å². The molecular formula is C45H57FN8O5Si. The predicted molar refractivity (Wildman–Crippen MR) is 231 cm³/mol. The first-order chi connectivity index (χ1) is 29.0. The van der Waals surface area contributed by atoms with Gasteiger partial charge in [0.15, 0.2) is 5.60 Å². The monoisotopic (exact) mass is 836 g/mol. The first-order valence-electron chi connectivity index (χ1n) is 21.5. The van der Waals surface area contributed by atoms with Crippen LogP contribution in [0.5, 0.6) is 0 Å². The zero-order valence-corrected chi connectivity index (χ0v) is 35.7. The summed E-state index contributed by atoms with van der Waals surface area (Å²) in [5.74, 6) is -1.48. The number of anilines is 3. The fourth-order valence-corrected chi connectivity index (χ4v) is 12.5. The number of aromatic nitrogens is 3. The van der Waals surface area contributed by atoms with E-state index in [4.69, 9.17) is 4.74 Å². The van der Waals surface area contributed by atoms with Crippen LogP contribution < -0.4 is 26.2 Å². The number of carbonyl (C=O) groups excluding carboxylic acids is 3. The number of carbonyl (C=O) groups is 3. The highest BCUT2D eigenvalue weighted by Gasteiger charge is 2.66. The number of hydrogen-bond acceptors (Lipinski definition) is 9. The number of halogens is 1. The van der Waals surface area contributed by atoms with Crippen LogP contribution in [-0.4, -0.2) is 85.1 Å². The zero-order valence-electron chi connectivity index (χ0n) is 34.7. The molecule has 60 heavy (non-hydrogen) atoms. The second-order valence-electron chi connectivity index (χ2n) is 17.5. The van der Waals surface area contributed by atoms with Crippen LogP contribution in [0.15, 0.2) is 79.0 Å². The van der Waals surface area contributed by atoms with Crippen LogP contribution >= 0.6 is 0 Å². The molecule has 3 fully saturated rings. The summed E-state index contributed by atoms with van der Waals surface area (Å²) < 4.78 is 25.5. The number of amides is 3. The molecular weight excluding hydrogens is 780 g/mol. The number of fused-ring (bicyclic) bond motifs is 2. The molecule has 13 nitrogen and oxygen atoms in total. The molecule has 1 aromatic heterocycles. The number of hydrogen-bond donors (Lipinski definition) is 5. The van der Waals surface area contributed by atoms with Crippen LogP contribution in [0.2, 0.25) is 18.6 Å². The second kappa shape index (κ2) is 17.7. The van der Waals surface area contributed by atoms with Crippen molar-refractivity contribution in [2.45, 2.75) is 88.4 Å². The van der Waals surface area contributed by atoms with E-state index in [9.17, 15) is 14.7 Å². The smallest absolute Gasteiger partial charge is 0.264 e. The molecule has 4 aliphatic rings. The quantitative estimate of drug-likeness (QED) is 0.0842. The molecule has 0 bridgehead atoms. The highest BCUT2D eigenvalue weighted by molar-refractivity contribution is 6.72. The molecule has 4 aromatic rings. The van der Waals surface area contributed by atoms with Crippen LogP contribution in [0.25, 0.3) is 0 Å². The standard InChI is InChI=1S/C45H57FN8O5Si/c1-29-41(60(2,3)46)40(19-22-53-27-38(51-52-53)36(28-55)31-9-5-4-6-10-31)59-45(29)37-23-35(50-43(57)33-12-8-21-48-25-33)17-18-39(37)54(44(45)58)26-30-13-15-34(16-14-30)49-42(56)32-11-7-20-47-24-32/h4-6,9-10,13-18,23,27,29,32-33,36,40-41,47-48,55H,7-8,11-12,19-22,24-26,28H2,1-3H3,(H,49,56)(H,50,57)/t29-,32?,33?,36?,40+,41-,45+/m1/s1. The number of nitrogens with zero attached hydrogens (tertiary/aromatic N) is 4. The van der Waals surface area contributed by atoms with Gasteiger partial charge in [0.1, 0.15) is 0 Å². The normalized spacial score (nSPS) is 25.9. The number of ether oxygens (including phenoxy) is 1. The molecule has 3 saturated heterocycles. The number of aryl methyl sites for hydroxylation is 1. The van der Waals surface area contributed by atoms with Crippen LogP contribution in [-0.2, 0) is 37.8 Å². The summed E-state index contributed by atoms with van der Waals surface area (Å²) in [4.78, 5) is 43.3. The van der Waals surface area contributed by atoms with Crippen molar-refractivity contribution in [1.29, 1.82) is 0 Å². The molecule has 8 rings (SSSR count). The average Bonchev–Trinajstić information content (AvgIpc) is 3.92. The lowest BCUT2D eigenvalue weighted by atomic mass is 9.82. The fourth-order valence-electron chi connectivity index (χ4n) is 9.96. The van der Waals surface area contributed by atoms with E-state index in [0.29, 0.717) is 54.4 Å². The van der Waals surface area contributed by atoms with Crippen molar-refractivity contribution in [2.75, 3.05) is 48.3 Å². The van der Waals surface area contributed by atoms with Crippen molar-refractivity contribution >= 4 is 43.2 Å². The van der Waals surface area contributed by atoms with Gasteiger partial charge in [-0.25, -0.2) is 0 Å². The van der Waals surface area contributed by atoms with E-state index < -0.39 is 31.6 Å². The molecule has 5 heterocycles. The summed E-state index contributed by atoms with van der Waals surface area (Å²) in [6.45, 7) is 8.84. The van der Waals surface area contributed by atoms with Crippen molar-refractivity contribution in [1.82, 2.24) is 25.6 Å². The Kier molecular flexibility index (Phi) is 12.3. The summed E-state index contributed by atoms with van der Waals surface area (Å²) in [5.41, 5.74) is 2.88. The molecule has 1 spiro atoms. The van der Waals surface area contributed by atoms with Gasteiger partial charge in [-0.05, 0) is 99.7 Å². The van der Waals surface area contributed by atoms with E-state index in [0.717, 1.165) is 49.9 Å². The number of aliphatic hydroxyl groups is 1. The Labute approximate surface area is 352 Å². The van der Waals surface area contributed by atoms with E-state index in [1.807, 2.05) is 85.9 Å². The van der Waals surface area contributed by atoms with Crippen molar-refractivity contribution in [3.8, 4) is 0 Å². The van der Waals surface area contributed by atoms with E-state index in [1.165, 1.54) is 0 Å². The Bertz CT molecular complexity index is 2150. The molecule has 3 unspecified atom stereocenters. The Morgan fingerprint density at radius 1 is 0.967 bits per heavy atom. The summed E-state index contributed by atoms with van der Waals surface area (Å²) in [5, 5.41) is 31.8. The van der Waals surface area contributed by atoms with E-state index in [-0.39, 0.29) is 48.6 Å². The largest absolute Gasteiger partial charge is 0.395 e. The van der Waals surface area contributed by atoms with Crippen molar-refractivity contribution in [3.63, 3.8) is 0 Å². The molecule has 5 N–H and O–H groups in total. The molecule has 0 aliphatic carbocycles. The van der Waals surface area contributed by atoms with E-state index in [2.05, 4.69) is 31.6 Å². The van der Waals surface area contributed by atoms with Gasteiger partial charge >= 0.3 is 0 Å². The van der Waals surface area contributed by atoms with Gasteiger partial charge in [-0.1, -0.05) is 54.6 Å². The maximum Gasteiger partial charge on any atom is 0.264 e. The first kappa shape index (κ1) is 41.9. The third kappa shape index (κ3) is 8.42. The molecule has 0 radical (unpaired) electrons. The lowest BCUT2D eigenvalue weighted by Crippen LogP contribution is -2.45. The van der Waals surface area contributed by atoms with Gasteiger partial charge in [0.25, 0.3) is 5.91 Å². The predicted octanol–water partition coefficient (Wildman–Crippen LogP) is 5.69. The van der Waals surface area contributed by atoms with Crippen LogP contribution in [0.1, 0.15) is 67.3 Å². The SMILES string of the molecule is C[C@@H]1[C@@H]([Si](C)(C)F)[C@H](CCn2cc(C(CO)c3ccccc3)nn2)O[C@@]12C(=O)N(Cc1ccc(NC(=O)C3CCCNC3)cc1)c1ccc(NC(=O)C3CCCNC3)cc12. The highest BCUT2D eigenvalue weighted by Crippen LogP contribution is 2.60. The van der Waals surface area contributed by atoms with E-state index in [1.54, 1.807) is 22.7 Å². The highest BCUT2D eigenvalue weighted by atomic mass is 28.4. The lowest BCUT2D eigenvalue weighted by molar-refractivity contribution is -0.146. The molecule has 4 aliphatic heterocycles. The Morgan fingerprint density at radius 3 is 2.23 bits per heavy atom. The lowest BCUT2D eigenvalue weighted by Gasteiger charge is -2.31. The summed E-state index contributed by atoms with van der Waals surface area (Å²) >= 11 is 0. The number of benzene rings is 3. The van der Waals surface area contributed by atoms with Crippen molar-refractivity contribution in [2.24, 2.45) is 17.8 Å². The minimum atomic E-state index is -3.48. The Hall–Kier alpha value is -4.80. The number of aliphatic hydroxyl groups excluding tert-OH is 1. The van der Waals surface area contributed by atoms with Gasteiger partial charge in [0.05, 0.1) is 48.4 Å². The van der Waals surface area contributed by atoms with Crippen LogP contribution in [0.3, 0.4) is 0 Å². The third-order valence-electron chi connectivity index (χ3n) is 13.1. The minimum Gasteiger partial charge on any atom is -0.395 e. The molecule has 3 amide bonds. The molecule has 318 valence electrons. The zero-order chi connectivity index (χ0) is 42.0. The molecule has 7 atom stereocenters. The van der Waals surface area contributed by atoms with Gasteiger partial charge in [-0.15, -0.1) is 5.10 Å². The van der Waals surface area contributed by atoms with Crippen LogP contribution in [0.4, 0.5) is 21.2 Å². The van der Waals surface area contributed by atoms with Crippen LogP contribution in [0, 0.1) is 17.8 Å². The number of rotatable bonds is 13. The number of nitrogens with one attached hydrogen (secondary N) is 4. The summed E-state index contributed by atoms with van der Waals surface area (Å²) in [7, 11) is -3.48.